The van der Waals surface area contributed by atoms with E-state index in [4.69, 9.17) is 4.99 Å². The van der Waals surface area contributed by atoms with E-state index in [1.54, 1.807) is 11.8 Å². The van der Waals surface area contributed by atoms with E-state index in [1.165, 1.54) is 38.5 Å². The first-order chi connectivity index (χ1) is 13.2. The van der Waals surface area contributed by atoms with Gasteiger partial charge in [-0.05, 0) is 51.2 Å². The molecule has 0 atom stereocenters. The Morgan fingerprint density at radius 1 is 1.21 bits per heavy atom. The Kier molecular flexibility index (Phi) is 13.2. The van der Waals surface area contributed by atoms with Gasteiger partial charge in [0.1, 0.15) is 5.82 Å². The van der Waals surface area contributed by atoms with Crippen LogP contribution in [0.1, 0.15) is 77.6 Å². The molecular formula is C20H39IN6S. The Labute approximate surface area is 192 Å². The van der Waals surface area contributed by atoms with Crippen molar-refractivity contribution in [3.63, 3.8) is 0 Å². The third-order valence-corrected chi connectivity index (χ3v) is 5.67. The number of aliphatic imine (C=N–C) groups is 1. The Hall–Kier alpha value is -0.510. The van der Waals surface area contributed by atoms with E-state index in [9.17, 15) is 0 Å². The topological polar surface area (TPSA) is 67.1 Å². The minimum absolute atomic E-state index is 0. The van der Waals surface area contributed by atoms with Gasteiger partial charge < -0.3 is 15.2 Å². The first kappa shape index (κ1) is 25.5. The summed E-state index contributed by atoms with van der Waals surface area (Å²) in [5.74, 6) is 2.83. The first-order valence-electron chi connectivity index (χ1n) is 10.7. The van der Waals surface area contributed by atoms with E-state index in [-0.39, 0.29) is 24.0 Å². The van der Waals surface area contributed by atoms with Crippen molar-refractivity contribution in [2.24, 2.45) is 10.9 Å². The molecule has 1 aliphatic rings. The molecule has 0 spiro atoms. The zero-order valence-electron chi connectivity index (χ0n) is 18.0. The van der Waals surface area contributed by atoms with E-state index in [2.05, 4.69) is 52.4 Å². The van der Waals surface area contributed by atoms with Crippen LogP contribution in [0.15, 0.2) is 10.1 Å². The van der Waals surface area contributed by atoms with Crippen LogP contribution in [0.4, 0.5) is 0 Å². The van der Waals surface area contributed by atoms with E-state index in [1.807, 2.05) is 0 Å². The lowest BCUT2D eigenvalue weighted by molar-refractivity contribution is 0.461. The van der Waals surface area contributed by atoms with Crippen molar-refractivity contribution in [1.29, 1.82) is 0 Å². The summed E-state index contributed by atoms with van der Waals surface area (Å²) in [6.07, 6.45) is 11.7. The minimum Gasteiger partial charge on any atom is -0.357 e. The summed E-state index contributed by atoms with van der Waals surface area (Å²) >= 11 is 1.71. The fourth-order valence-corrected chi connectivity index (χ4v) is 4.21. The zero-order chi connectivity index (χ0) is 19.5. The highest BCUT2D eigenvalue weighted by molar-refractivity contribution is 14.0. The van der Waals surface area contributed by atoms with Crippen molar-refractivity contribution in [2.75, 3.05) is 25.9 Å². The van der Waals surface area contributed by atoms with Crippen LogP contribution in [0.3, 0.4) is 0 Å². The molecule has 28 heavy (non-hydrogen) atoms. The summed E-state index contributed by atoms with van der Waals surface area (Å²) in [6.45, 7) is 9.34. The van der Waals surface area contributed by atoms with Gasteiger partial charge in [0, 0.05) is 32.1 Å². The van der Waals surface area contributed by atoms with Crippen LogP contribution in [0.25, 0.3) is 0 Å². The number of rotatable bonds is 11. The number of halogens is 1. The number of aromatic nitrogens is 3. The number of hydrogen-bond donors (Lipinski definition) is 2. The molecule has 1 aliphatic carbocycles. The third kappa shape index (κ3) is 8.47. The largest absolute Gasteiger partial charge is 0.357 e. The van der Waals surface area contributed by atoms with Crippen LogP contribution < -0.4 is 10.6 Å². The fourth-order valence-electron chi connectivity index (χ4n) is 3.63. The lowest BCUT2D eigenvalue weighted by Crippen LogP contribution is -2.38. The molecule has 1 fully saturated rings. The molecule has 0 saturated heterocycles. The molecule has 2 N–H and O–H groups in total. The molecule has 0 amide bonds. The summed E-state index contributed by atoms with van der Waals surface area (Å²) in [5, 5.41) is 16.7. The van der Waals surface area contributed by atoms with E-state index >= 15 is 0 Å². The molecule has 162 valence electrons. The summed E-state index contributed by atoms with van der Waals surface area (Å²) < 4.78 is 2.40. The van der Waals surface area contributed by atoms with E-state index in [0.717, 1.165) is 55.3 Å². The first-order valence-corrected chi connectivity index (χ1v) is 11.9. The number of nitrogens with zero attached hydrogens (tertiary/aromatic N) is 4. The van der Waals surface area contributed by atoms with Gasteiger partial charge in [0.15, 0.2) is 11.1 Å². The van der Waals surface area contributed by atoms with Crippen molar-refractivity contribution < 1.29 is 0 Å². The fraction of sp³-hybridized carbons (Fsp3) is 0.850. The number of hydrogen-bond acceptors (Lipinski definition) is 4. The highest BCUT2D eigenvalue weighted by Crippen LogP contribution is 2.33. The molecule has 2 rings (SSSR count). The zero-order valence-corrected chi connectivity index (χ0v) is 21.2. The lowest BCUT2D eigenvalue weighted by Gasteiger charge is -2.16. The molecule has 1 aromatic rings. The molecule has 8 heteroatoms. The molecule has 1 aromatic heterocycles. The lowest BCUT2D eigenvalue weighted by atomic mass is 10.1. The highest BCUT2D eigenvalue weighted by Gasteiger charge is 2.23. The molecule has 0 aromatic carbocycles. The molecule has 1 saturated carbocycles. The van der Waals surface area contributed by atoms with Gasteiger partial charge in [0.05, 0.1) is 0 Å². The van der Waals surface area contributed by atoms with Crippen LogP contribution in [-0.2, 0) is 6.42 Å². The van der Waals surface area contributed by atoms with Gasteiger partial charge in [-0.15, -0.1) is 34.2 Å². The van der Waals surface area contributed by atoms with Gasteiger partial charge in [0.25, 0.3) is 0 Å². The van der Waals surface area contributed by atoms with E-state index in [0.29, 0.717) is 6.04 Å². The number of aryl methyl sites for hydroxylation is 1. The highest BCUT2D eigenvalue weighted by atomic mass is 127. The Morgan fingerprint density at radius 3 is 2.61 bits per heavy atom. The van der Waals surface area contributed by atoms with Gasteiger partial charge >= 0.3 is 0 Å². The summed E-state index contributed by atoms with van der Waals surface area (Å²) in [7, 11) is 0. The van der Waals surface area contributed by atoms with Crippen LogP contribution >= 0.6 is 35.7 Å². The van der Waals surface area contributed by atoms with Crippen molar-refractivity contribution >= 4 is 41.7 Å². The average molecular weight is 523 g/mol. The quantitative estimate of drug-likeness (QED) is 0.146. The molecule has 1 heterocycles. The van der Waals surface area contributed by atoms with Crippen LogP contribution in [0.5, 0.6) is 0 Å². The smallest absolute Gasteiger partial charge is 0.191 e. The average Bonchev–Trinajstić information content (AvgIpc) is 3.30. The Balaban J connectivity index is 0.00000392. The summed E-state index contributed by atoms with van der Waals surface area (Å²) in [5.41, 5.74) is 0. The Morgan fingerprint density at radius 2 is 1.96 bits per heavy atom. The van der Waals surface area contributed by atoms with Crippen LogP contribution in [0, 0.1) is 5.92 Å². The maximum absolute atomic E-state index is 4.73. The third-order valence-electron chi connectivity index (χ3n) is 5.03. The van der Waals surface area contributed by atoms with Crippen molar-refractivity contribution in [3.05, 3.63) is 5.82 Å². The minimum atomic E-state index is 0. The van der Waals surface area contributed by atoms with Crippen LogP contribution in [0.2, 0.25) is 0 Å². The standard InChI is InChI=1S/C20H38N6S.HI/c1-5-21-19(22-14-8-10-16(2)3)23-15-9-13-18-24-25-20(27-4)26(18)17-11-6-7-12-17;/h16-17H,5-15H2,1-4H3,(H2,21,22,23);1H. The second-order valence-corrected chi connectivity index (χ2v) is 8.51. The van der Waals surface area contributed by atoms with Gasteiger partial charge in [-0.2, -0.15) is 0 Å². The monoisotopic (exact) mass is 522 g/mol. The van der Waals surface area contributed by atoms with E-state index < -0.39 is 0 Å². The van der Waals surface area contributed by atoms with Crippen molar-refractivity contribution in [2.45, 2.75) is 83.3 Å². The SMILES string of the molecule is CCNC(=NCCCc1nnc(SC)n1C1CCCC1)NCCCC(C)C.I. The van der Waals surface area contributed by atoms with Gasteiger partial charge in [-0.3, -0.25) is 4.99 Å². The molecule has 0 radical (unpaired) electrons. The van der Waals surface area contributed by atoms with Crippen molar-refractivity contribution in [1.82, 2.24) is 25.4 Å². The van der Waals surface area contributed by atoms with Gasteiger partial charge in [-0.1, -0.05) is 38.5 Å². The second-order valence-electron chi connectivity index (χ2n) is 7.74. The second kappa shape index (κ2) is 14.5. The predicted molar refractivity (Wildman–Crippen MR) is 131 cm³/mol. The van der Waals surface area contributed by atoms with Crippen LogP contribution in [-0.4, -0.2) is 46.6 Å². The molecule has 0 aliphatic heterocycles. The Bertz CT molecular complexity index is 569. The van der Waals surface area contributed by atoms with Gasteiger partial charge in [-0.25, -0.2) is 0 Å². The maximum atomic E-state index is 4.73. The molecule has 6 nitrogen and oxygen atoms in total. The normalized spacial score (nSPS) is 15.1. The van der Waals surface area contributed by atoms with Crippen molar-refractivity contribution in [3.8, 4) is 0 Å². The number of thioether (sulfide) groups is 1. The molecule has 0 bridgehead atoms. The summed E-state index contributed by atoms with van der Waals surface area (Å²) in [6, 6.07) is 0.598. The summed E-state index contributed by atoms with van der Waals surface area (Å²) in [4.78, 5) is 4.73. The van der Waals surface area contributed by atoms with Gasteiger partial charge in [0.2, 0.25) is 0 Å². The molecular weight excluding hydrogens is 483 g/mol. The predicted octanol–water partition coefficient (Wildman–Crippen LogP) is 4.66. The molecule has 0 unspecified atom stereocenters. The number of nitrogens with one attached hydrogen (secondary N) is 2. The number of guanidine groups is 1. The maximum Gasteiger partial charge on any atom is 0.191 e.